The first kappa shape index (κ1) is 23.3. The lowest BCUT2D eigenvalue weighted by Gasteiger charge is -2.25. The normalized spacial score (nSPS) is 14.9. The Balaban J connectivity index is 0.000000297. The van der Waals surface area contributed by atoms with Crippen LogP contribution in [0.4, 0.5) is 4.79 Å². The van der Waals surface area contributed by atoms with Crippen LogP contribution in [0.3, 0.4) is 0 Å². The topological polar surface area (TPSA) is 142 Å². The monoisotopic (exact) mass is 434 g/mol. The predicted octanol–water partition coefficient (Wildman–Crippen LogP) is 0.631. The maximum Gasteiger partial charge on any atom is 0.322 e. The summed E-state index contributed by atoms with van der Waals surface area (Å²) in [6.45, 7) is 3.22. The molecule has 30 heavy (non-hydrogen) atoms. The van der Waals surface area contributed by atoms with Crippen LogP contribution in [-0.4, -0.2) is 62.6 Å². The molecule has 0 spiro atoms. The van der Waals surface area contributed by atoms with E-state index in [1.165, 1.54) is 12.1 Å². The summed E-state index contributed by atoms with van der Waals surface area (Å²) >= 11 is 0. The summed E-state index contributed by atoms with van der Waals surface area (Å²) in [6, 6.07) is 15.1. The molecule has 10 heteroatoms. The summed E-state index contributed by atoms with van der Waals surface area (Å²) < 4.78 is 26.6. The largest absolute Gasteiger partial charge is 0.480 e. The number of benzene rings is 2. The number of rotatable bonds is 6. The van der Waals surface area contributed by atoms with Gasteiger partial charge in [0.1, 0.15) is 6.04 Å². The van der Waals surface area contributed by atoms with Gasteiger partial charge in [-0.2, -0.15) is 4.72 Å². The highest BCUT2D eigenvalue weighted by molar-refractivity contribution is 7.89. The standard InChI is InChI=1S/C15H15NO4S.C5H11N3O/c17-15(18)14(11-12-7-3-1-4-8-12)16-21(19,20)13-9-5-2-6-10-13;6-5(9)8-3-1-7-2-4-8/h1-10,14,16H,11H2,(H,17,18);7H,1-4H2,(H2,6,9)/t14-;/m0./s1. The number of hydrogen-bond donors (Lipinski definition) is 4. The second-order valence-electron chi connectivity index (χ2n) is 6.59. The molecule has 1 aliphatic heterocycles. The van der Waals surface area contributed by atoms with E-state index in [2.05, 4.69) is 10.0 Å². The smallest absolute Gasteiger partial charge is 0.322 e. The average Bonchev–Trinajstić information content (AvgIpc) is 2.75. The molecule has 0 saturated carbocycles. The highest BCUT2D eigenvalue weighted by Gasteiger charge is 2.25. The number of carbonyl (C=O) groups is 2. The lowest BCUT2D eigenvalue weighted by Crippen LogP contribution is -2.48. The highest BCUT2D eigenvalue weighted by atomic mass is 32.2. The third kappa shape index (κ3) is 7.47. The quantitative estimate of drug-likeness (QED) is 0.525. The van der Waals surface area contributed by atoms with Crippen molar-refractivity contribution in [3.05, 3.63) is 66.2 Å². The Bertz CT molecular complexity index is 917. The number of amides is 2. The molecule has 5 N–H and O–H groups in total. The van der Waals surface area contributed by atoms with Gasteiger partial charge in [0.05, 0.1) is 4.90 Å². The zero-order valence-corrected chi connectivity index (χ0v) is 17.2. The van der Waals surface area contributed by atoms with E-state index in [9.17, 15) is 23.1 Å². The van der Waals surface area contributed by atoms with E-state index in [1.807, 2.05) is 6.07 Å². The van der Waals surface area contributed by atoms with Crippen molar-refractivity contribution >= 4 is 22.0 Å². The van der Waals surface area contributed by atoms with Crippen LogP contribution in [0.15, 0.2) is 65.6 Å². The first-order chi connectivity index (χ1) is 14.3. The number of nitrogens with two attached hydrogens (primary N) is 1. The molecule has 3 rings (SSSR count). The fourth-order valence-electron chi connectivity index (χ4n) is 2.77. The van der Waals surface area contributed by atoms with Crippen molar-refractivity contribution in [1.29, 1.82) is 0 Å². The van der Waals surface area contributed by atoms with E-state index in [-0.39, 0.29) is 17.3 Å². The molecular weight excluding hydrogens is 408 g/mol. The van der Waals surface area contributed by atoms with Crippen molar-refractivity contribution in [2.45, 2.75) is 17.4 Å². The molecule has 2 aromatic rings. The highest BCUT2D eigenvalue weighted by Crippen LogP contribution is 2.10. The number of piperazine rings is 1. The fraction of sp³-hybridized carbons (Fsp3) is 0.300. The molecule has 0 aliphatic carbocycles. The number of hydrogen-bond acceptors (Lipinski definition) is 5. The molecule has 1 heterocycles. The summed E-state index contributed by atoms with van der Waals surface area (Å²) in [7, 11) is -3.86. The summed E-state index contributed by atoms with van der Waals surface area (Å²) in [5.41, 5.74) is 5.78. The molecule has 1 atom stereocenters. The first-order valence-electron chi connectivity index (χ1n) is 9.39. The number of nitrogens with one attached hydrogen (secondary N) is 2. The van der Waals surface area contributed by atoms with Crippen molar-refractivity contribution in [3.8, 4) is 0 Å². The molecule has 0 bridgehead atoms. The Morgan fingerprint density at radius 1 is 1.03 bits per heavy atom. The van der Waals surface area contributed by atoms with Gasteiger partial charge < -0.3 is 21.1 Å². The van der Waals surface area contributed by atoms with Gasteiger partial charge in [0.25, 0.3) is 0 Å². The Labute approximate surface area is 175 Å². The minimum atomic E-state index is -3.86. The number of sulfonamides is 1. The fourth-order valence-corrected chi connectivity index (χ4v) is 3.98. The number of urea groups is 1. The molecule has 162 valence electrons. The van der Waals surface area contributed by atoms with E-state index < -0.39 is 22.0 Å². The molecule has 0 radical (unpaired) electrons. The second-order valence-corrected chi connectivity index (χ2v) is 8.30. The number of nitrogens with zero attached hydrogens (tertiary/aromatic N) is 1. The zero-order chi connectivity index (χ0) is 22.0. The first-order valence-corrected chi connectivity index (χ1v) is 10.9. The van der Waals surface area contributed by atoms with Crippen LogP contribution in [0.2, 0.25) is 0 Å². The summed E-state index contributed by atoms with van der Waals surface area (Å²) in [5, 5.41) is 12.3. The van der Waals surface area contributed by atoms with Crippen molar-refractivity contribution < 1.29 is 23.1 Å². The van der Waals surface area contributed by atoms with Crippen LogP contribution in [-0.2, 0) is 21.2 Å². The number of aliphatic carboxylic acids is 1. The van der Waals surface area contributed by atoms with Gasteiger partial charge in [-0.1, -0.05) is 48.5 Å². The summed E-state index contributed by atoms with van der Waals surface area (Å²) in [6.07, 6.45) is 0.0856. The van der Waals surface area contributed by atoms with E-state index in [0.717, 1.165) is 31.7 Å². The van der Waals surface area contributed by atoms with Crippen LogP contribution in [0.25, 0.3) is 0 Å². The summed E-state index contributed by atoms with van der Waals surface area (Å²) in [4.78, 5) is 23.4. The minimum absolute atomic E-state index is 0.0457. The van der Waals surface area contributed by atoms with Gasteiger partial charge in [0, 0.05) is 26.2 Å². The third-order valence-electron chi connectivity index (χ3n) is 4.36. The molecule has 1 fully saturated rings. The van der Waals surface area contributed by atoms with Gasteiger partial charge in [0.2, 0.25) is 10.0 Å². The van der Waals surface area contributed by atoms with E-state index >= 15 is 0 Å². The number of carbonyl (C=O) groups excluding carboxylic acids is 1. The Kier molecular flexibility index (Phi) is 8.78. The van der Waals surface area contributed by atoms with Crippen molar-refractivity contribution in [3.63, 3.8) is 0 Å². The number of carboxylic acids is 1. The maximum atomic E-state index is 12.2. The van der Waals surface area contributed by atoms with Gasteiger partial charge in [0.15, 0.2) is 0 Å². The molecule has 0 aromatic heterocycles. The van der Waals surface area contributed by atoms with Crippen molar-refractivity contribution in [1.82, 2.24) is 14.9 Å². The van der Waals surface area contributed by atoms with Gasteiger partial charge in [-0.15, -0.1) is 0 Å². The Morgan fingerprint density at radius 3 is 2.03 bits per heavy atom. The number of carboxylic acid groups (broad SMARTS) is 1. The van der Waals surface area contributed by atoms with E-state index in [4.69, 9.17) is 5.73 Å². The molecule has 1 aliphatic rings. The van der Waals surface area contributed by atoms with Crippen molar-refractivity contribution in [2.75, 3.05) is 26.2 Å². The van der Waals surface area contributed by atoms with Gasteiger partial charge in [-0.05, 0) is 24.1 Å². The minimum Gasteiger partial charge on any atom is -0.480 e. The van der Waals surface area contributed by atoms with Crippen LogP contribution >= 0.6 is 0 Å². The second kappa shape index (κ2) is 11.3. The number of primary amides is 1. The molecule has 2 amide bonds. The van der Waals surface area contributed by atoms with Gasteiger partial charge in [-0.3, -0.25) is 4.79 Å². The van der Waals surface area contributed by atoms with Crippen LogP contribution in [0.1, 0.15) is 5.56 Å². The zero-order valence-electron chi connectivity index (χ0n) is 16.4. The molecule has 9 nitrogen and oxygen atoms in total. The molecular formula is C20H26N4O5S. The Hall–Kier alpha value is -2.95. The lowest BCUT2D eigenvalue weighted by atomic mass is 10.1. The maximum absolute atomic E-state index is 12.2. The summed E-state index contributed by atoms with van der Waals surface area (Å²) in [5.74, 6) is -1.21. The van der Waals surface area contributed by atoms with E-state index in [1.54, 1.807) is 47.4 Å². The SMILES string of the molecule is NC(=O)N1CCNCC1.O=C(O)[C@H](Cc1ccccc1)NS(=O)(=O)c1ccccc1. The Morgan fingerprint density at radius 2 is 1.57 bits per heavy atom. The van der Waals surface area contributed by atoms with Gasteiger partial charge >= 0.3 is 12.0 Å². The average molecular weight is 435 g/mol. The lowest BCUT2D eigenvalue weighted by molar-refractivity contribution is -0.138. The third-order valence-corrected chi connectivity index (χ3v) is 5.85. The predicted molar refractivity (Wildman–Crippen MR) is 112 cm³/mol. The molecule has 1 saturated heterocycles. The van der Waals surface area contributed by atoms with Crippen LogP contribution in [0.5, 0.6) is 0 Å². The molecule has 2 aromatic carbocycles. The van der Waals surface area contributed by atoms with Gasteiger partial charge in [-0.25, -0.2) is 13.2 Å². The van der Waals surface area contributed by atoms with E-state index in [0.29, 0.717) is 0 Å². The molecule has 0 unspecified atom stereocenters. The van der Waals surface area contributed by atoms with Crippen LogP contribution in [0, 0.1) is 0 Å². The van der Waals surface area contributed by atoms with Crippen molar-refractivity contribution in [2.24, 2.45) is 5.73 Å². The van der Waals surface area contributed by atoms with Crippen LogP contribution < -0.4 is 15.8 Å².